The molecule has 0 radical (unpaired) electrons. The average Bonchev–Trinajstić information content (AvgIpc) is 3.33. The van der Waals surface area contributed by atoms with Gasteiger partial charge < -0.3 is 24.3 Å². The van der Waals surface area contributed by atoms with Crippen molar-refractivity contribution in [2.24, 2.45) is 0 Å². The minimum absolute atomic E-state index is 0.207. The van der Waals surface area contributed by atoms with Crippen LogP contribution in [0.15, 0.2) is 78.9 Å². The van der Waals surface area contributed by atoms with Crippen LogP contribution in [0.1, 0.15) is 21.6 Å². The number of hydrogen-bond acceptors (Lipinski definition) is 5. The first kappa shape index (κ1) is 22.0. The lowest BCUT2D eigenvalue weighted by atomic mass is 10.1. The maximum Gasteiger partial charge on any atom is 0.355 e. The predicted molar refractivity (Wildman–Crippen MR) is 134 cm³/mol. The van der Waals surface area contributed by atoms with Crippen molar-refractivity contribution in [2.75, 3.05) is 38.1 Å². The second-order valence-corrected chi connectivity index (χ2v) is 8.71. The lowest BCUT2D eigenvalue weighted by Gasteiger charge is -2.34. The van der Waals surface area contributed by atoms with Gasteiger partial charge in [-0.15, -0.1) is 0 Å². The van der Waals surface area contributed by atoms with Gasteiger partial charge in [-0.05, 0) is 48.5 Å². The zero-order valence-corrected chi connectivity index (χ0v) is 19.4. The highest BCUT2D eigenvalue weighted by atomic mass is 16.5. The van der Waals surface area contributed by atoms with Crippen molar-refractivity contribution in [1.82, 2.24) is 9.88 Å². The number of carbonyl (C=O) groups excluding carboxylic acids is 1. The van der Waals surface area contributed by atoms with Crippen LogP contribution < -0.4 is 9.64 Å². The third kappa shape index (κ3) is 5.07. The van der Waals surface area contributed by atoms with Crippen molar-refractivity contribution in [2.45, 2.75) is 13.2 Å². The van der Waals surface area contributed by atoms with Crippen LogP contribution in [0.5, 0.6) is 5.75 Å². The quantitative estimate of drug-likeness (QED) is 0.404. The molecule has 1 aromatic heterocycles. The Morgan fingerprint density at radius 3 is 2.35 bits per heavy atom. The molecule has 0 spiro atoms. The molecule has 34 heavy (non-hydrogen) atoms. The molecule has 1 aliphatic heterocycles. The highest BCUT2D eigenvalue weighted by Gasteiger charge is 2.19. The predicted octanol–water partition coefficient (Wildman–Crippen LogP) is 4.86. The minimum Gasteiger partial charge on any atom is -0.489 e. The summed E-state index contributed by atoms with van der Waals surface area (Å²) >= 11 is 0. The molecule has 4 aromatic rings. The summed E-state index contributed by atoms with van der Waals surface area (Å²) in [6.07, 6.45) is 0. The minimum atomic E-state index is -0.357. The number of aromatic amines is 1. The summed E-state index contributed by atoms with van der Waals surface area (Å²) in [7, 11) is 2.15. The molecule has 6 heteroatoms. The van der Waals surface area contributed by atoms with Gasteiger partial charge in [-0.2, -0.15) is 0 Å². The molecule has 174 valence electrons. The number of carbonyl (C=O) groups is 1. The number of likely N-dealkylation sites (N-methyl/N-ethyl adjacent to an activating group) is 1. The van der Waals surface area contributed by atoms with Crippen LogP contribution in [0.4, 0.5) is 5.69 Å². The maximum atomic E-state index is 12.7. The first-order valence-corrected chi connectivity index (χ1v) is 11.6. The molecule has 1 saturated heterocycles. The van der Waals surface area contributed by atoms with Crippen LogP contribution >= 0.6 is 0 Å². The van der Waals surface area contributed by atoms with Gasteiger partial charge >= 0.3 is 5.97 Å². The van der Waals surface area contributed by atoms with Gasteiger partial charge in [-0.1, -0.05) is 48.5 Å². The molecule has 1 N–H and O–H groups in total. The molecular weight excluding hydrogens is 426 g/mol. The summed E-state index contributed by atoms with van der Waals surface area (Å²) in [5, 5.41) is 1.05. The van der Waals surface area contributed by atoms with Crippen LogP contribution in [-0.2, 0) is 18.0 Å². The van der Waals surface area contributed by atoms with Gasteiger partial charge in [0.1, 0.15) is 24.7 Å². The van der Waals surface area contributed by atoms with Crippen molar-refractivity contribution in [3.05, 3.63) is 95.7 Å². The van der Waals surface area contributed by atoms with Gasteiger partial charge in [0.05, 0.1) is 0 Å². The van der Waals surface area contributed by atoms with E-state index in [1.54, 1.807) is 0 Å². The average molecular weight is 456 g/mol. The third-order valence-corrected chi connectivity index (χ3v) is 6.25. The number of ether oxygens (including phenoxy) is 2. The van der Waals surface area contributed by atoms with E-state index in [1.165, 1.54) is 0 Å². The van der Waals surface area contributed by atoms with Gasteiger partial charge in [0, 0.05) is 42.8 Å². The Morgan fingerprint density at radius 2 is 1.59 bits per heavy atom. The van der Waals surface area contributed by atoms with Crippen molar-refractivity contribution >= 4 is 22.6 Å². The highest BCUT2D eigenvalue weighted by molar-refractivity contribution is 6.00. The Labute approximate surface area is 199 Å². The zero-order valence-electron chi connectivity index (χ0n) is 19.4. The first-order valence-electron chi connectivity index (χ1n) is 11.6. The molecule has 5 rings (SSSR count). The van der Waals surface area contributed by atoms with E-state index in [0.717, 1.165) is 59.6 Å². The zero-order chi connectivity index (χ0) is 23.3. The van der Waals surface area contributed by atoms with Crippen LogP contribution in [-0.4, -0.2) is 49.1 Å². The van der Waals surface area contributed by atoms with E-state index in [4.69, 9.17) is 9.47 Å². The van der Waals surface area contributed by atoms with E-state index in [-0.39, 0.29) is 12.6 Å². The van der Waals surface area contributed by atoms with E-state index >= 15 is 0 Å². The fraction of sp³-hybridized carbons (Fsp3) is 0.250. The molecule has 2 heterocycles. The van der Waals surface area contributed by atoms with E-state index in [1.807, 2.05) is 72.8 Å². The van der Waals surface area contributed by atoms with Crippen LogP contribution in [0, 0.1) is 0 Å². The summed E-state index contributed by atoms with van der Waals surface area (Å²) in [6, 6.07) is 25.8. The van der Waals surface area contributed by atoms with Crippen LogP contribution in [0.25, 0.3) is 10.9 Å². The number of H-pyrrole nitrogens is 1. The summed E-state index contributed by atoms with van der Waals surface area (Å²) in [4.78, 5) is 20.7. The summed E-state index contributed by atoms with van der Waals surface area (Å²) in [5.74, 6) is 0.427. The fourth-order valence-corrected chi connectivity index (χ4v) is 4.22. The Balaban J connectivity index is 1.20. The SMILES string of the molecule is CN1CCN(c2cccc3[nH]c(C(=O)OCc4ccc(OCc5ccccc5)cc4)cc23)CC1. The van der Waals surface area contributed by atoms with Gasteiger partial charge in [0.2, 0.25) is 0 Å². The largest absolute Gasteiger partial charge is 0.489 e. The summed E-state index contributed by atoms with van der Waals surface area (Å²) in [5.41, 5.74) is 4.61. The van der Waals surface area contributed by atoms with Crippen molar-refractivity contribution in [1.29, 1.82) is 0 Å². The van der Waals surface area contributed by atoms with Crippen molar-refractivity contribution in [3.8, 4) is 5.75 Å². The van der Waals surface area contributed by atoms with Gasteiger partial charge in [-0.25, -0.2) is 4.79 Å². The molecule has 3 aromatic carbocycles. The van der Waals surface area contributed by atoms with Crippen molar-refractivity contribution < 1.29 is 14.3 Å². The van der Waals surface area contributed by atoms with Crippen LogP contribution in [0.2, 0.25) is 0 Å². The lowest BCUT2D eigenvalue weighted by Crippen LogP contribution is -2.44. The smallest absolute Gasteiger partial charge is 0.355 e. The molecule has 1 aliphatic rings. The molecular formula is C28H29N3O3. The molecule has 0 amide bonds. The Morgan fingerprint density at radius 1 is 0.853 bits per heavy atom. The van der Waals surface area contributed by atoms with Gasteiger partial charge in [-0.3, -0.25) is 0 Å². The summed E-state index contributed by atoms with van der Waals surface area (Å²) in [6.45, 7) is 4.75. The highest BCUT2D eigenvalue weighted by Crippen LogP contribution is 2.29. The first-order chi connectivity index (χ1) is 16.7. The van der Waals surface area contributed by atoms with Gasteiger partial charge in [0.25, 0.3) is 0 Å². The van der Waals surface area contributed by atoms with E-state index in [9.17, 15) is 4.79 Å². The standard InChI is InChI=1S/C28H29N3O3/c1-30-14-16-31(17-15-30)27-9-5-8-25-24(27)18-26(29-25)28(32)34-20-22-10-12-23(13-11-22)33-19-21-6-3-2-4-7-21/h2-13,18,29H,14-17,19-20H2,1H3. The number of piperazine rings is 1. The van der Waals surface area contributed by atoms with E-state index < -0.39 is 0 Å². The molecule has 0 atom stereocenters. The van der Waals surface area contributed by atoms with Crippen molar-refractivity contribution in [3.63, 3.8) is 0 Å². The number of nitrogens with one attached hydrogen (secondary N) is 1. The number of esters is 1. The molecule has 6 nitrogen and oxygen atoms in total. The second-order valence-electron chi connectivity index (χ2n) is 8.71. The Hall–Kier alpha value is -3.77. The number of rotatable bonds is 7. The molecule has 0 unspecified atom stereocenters. The Kier molecular flexibility index (Phi) is 6.49. The number of anilines is 1. The monoisotopic (exact) mass is 455 g/mol. The number of benzene rings is 3. The van der Waals surface area contributed by atoms with Gasteiger partial charge in [0.15, 0.2) is 0 Å². The number of nitrogens with zero attached hydrogens (tertiary/aromatic N) is 2. The van der Waals surface area contributed by atoms with Crippen LogP contribution in [0.3, 0.4) is 0 Å². The number of hydrogen-bond donors (Lipinski definition) is 1. The number of fused-ring (bicyclic) bond motifs is 1. The third-order valence-electron chi connectivity index (χ3n) is 6.25. The van der Waals surface area contributed by atoms with E-state index in [0.29, 0.717) is 12.3 Å². The fourth-order valence-electron chi connectivity index (χ4n) is 4.22. The number of aromatic nitrogens is 1. The normalized spacial score (nSPS) is 14.3. The molecule has 0 saturated carbocycles. The topological polar surface area (TPSA) is 57.8 Å². The Bertz CT molecular complexity index is 1240. The summed E-state index contributed by atoms with van der Waals surface area (Å²) < 4.78 is 11.4. The maximum absolute atomic E-state index is 12.7. The second kappa shape index (κ2) is 10.0. The molecule has 1 fully saturated rings. The van der Waals surface area contributed by atoms with E-state index in [2.05, 4.69) is 27.9 Å². The lowest BCUT2D eigenvalue weighted by molar-refractivity contribution is 0.0467. The molecule has 0 aliphatic carbocycles. The molecule has 0 bridgehead atoms.